The smallest absolute Gasteiger partial charge is 0.245 e. The Balaban J connectivity index is 1.92. The molecule has 1 aliphatic rings. The minimum atomic E-state index is -1.26. The molecule has 3 atom stereocenters. The van der Waals surface area contributed by atoms with Crippen molar-refractivity contribution in [2.45, 2.75) is 64.1 Å². The van der Waals surface area contributed by atoms with Crippen LogP contribution in [0.15, 0.2) is 30.3 Å². The van der Waals surface area contributed by atoms with Crippen LogP contribution in [0.1, 0.15) is 52.0 Å². The molecule has 0 bridgehead atoms. The van der Waals surface area contributed by atoms with Crippen molar-refractivity contribution in [3.63, 3.8) is 0 Å². The molecule has 2 N–H and O–H groups in total. The SMILES string of the molecule is CC(NC(=O)CC(C)(O)c1ccccc1)C(=O)N1CCCCC1C. The number of hydrogen-bond acceptors (Lipinski definition) is 3. The molecular weight excluding hydrogens is 304 g/mol. The third-order valence-electron chi connectivity index (χ3n) is 4.73. The van der Waals surface area contributed by atoms with Crippen molar-refractivity contribution in [3.05, 3.63) is 35.9 Å². The second-order valence-corrected chi connectivity index (χ2v) is 6.98. The van der Waals surface area contributed by atoms with Gasteiger partial charge in [0.15, 0.2) is 0 Å². The Bertz CT molecular complexity index is 571. The lowest BCUT2D eigenvalue weighted by Crippen LogP contribution is -2.52. The number of likely N-dealkylation sites (tertiary alicyclic amines) is 1. The molecule has 2 rings (SSSR count). The number of amides is 2. The van der Waals surface area contributed by atoms with Gasteiger partial charge in [0.2, 0.25) is 11.8 Å². The van der Waals surface area contributed by atoms with E-state index in [2.05, 4.69) is 5.32 Å². The van der Waals surface area contributed by atoms with Gasteiger partial charge in [0.1, 0.15) is 6.04 Å². The number of carbonyl (C=O) groups is 2. The molecular formula is C19H28N2O3. The molecule has 1 saturated heterocycles. The van der Waals surface area contributed by atoms with Crippen LogP contribution in [-0.4, -0.2) is 40.4 Å². The third-order valence-corrected chi connectivity index (χ3v) is 4.73. The Hall–Kier alpha value is -1.88. The molecule has 24 heavy (non-hydrogen) atoms. The van der Waals surface area contributed by atoms with Gasteiger partial charge >= 0.3 is 0 Å². The van der Waals surface area contributed by atoms with Crippen LogP contribution in [0.25, 0.3) is 0 Å². The average Bonchev–Trinajstić information content (AvgIpc) is 2.55. The molecule has 0 spiro atoms. The first kappa shape index (κ1) is 18.5. The van der Waals surface area contributed by atoms with Crippen LogP contribution in [0.4, 0.5) is 0 Å². The van der Waals surface area contributed by atoms with E-state index in [-0.39, 0.29) is 24.3 Å². The van der Waals surface area contributed by atoms with Crippen LogP contribution in [0.2, 0.25) is 0 Å². The lowest BCUT2D eigenvalue weighted by atomic mass is 9.92. The second-order valence-electron chi connectivity index (χ2n) is 6.98. The van der Waals surface area contributed by atoms with Gasteiger partial charge in [-0.15, -0.1) is 0 Å². The molecule has 3 unspecified atom stereocenters. The topological polar surface area (TPSA) is 69.6 Å². The predicted molar refractivity (Wildman–Crippen MR) is 93.3 cm³/mol. The number of nitrogens with zero attached hydrogens (tertiary/aromatic N) is 1. The Kier molecular flexibility index (Phi) is 5.99. The highest BCUT2D eigenvalue weighted by Crippen LogP contribution is 2.24. The predicted octanol–water partition coefficient (Wildman–Crippen LogP) is 2.19. The number of benzene rings is 1. The average molecular weight is 332 g/mol. The van der Waals surface area contributed by atoms with Gasteiger partial charge in [0, 0.05) is 12.6 Å². The fraction of sp³-hybridized carbons (Fsp3) is 0.579. The first-order chi connectivity index (χ1) is 11.3. The quantitative estimate of drug-likeness (QED) is 0.868. The zero-order chi connectivity index (χ0) is 17.7. The molecule has 0 aliphatic carbocycles. The van der Waals surface area contributed by atoms with Gasteiger partial charge in [-0.3, -0.25) is 9.59 Å². The van der Waals surface area contributed by atoms with Crippen molar-refractivity contribution >= 4 is 11.8 Å². The molecule has 5 nitrogen and oxygen atoms in total. The molecule has 2 amide bonds. The minimum Gasteiger partial charge on any atom is -0.385 e. The van der Waals surface area contributed by atoms with E-state index < -0.39 is 11.6 Å². The van der Waals surface area contributed by atoms with E-state index in [9.17, 15) is 14.7 Å². The molecule has 1 fully saturated rings. The van der Waals surface area contributed by atoms with Crippen LogP contribution >= 0.6 is 0 Å². The number of carbonyl (C=O) groups excluding carboxylic acids is 2. The van der Waals surface area contributed by atoms with Crippen LogP contribution in [0, 0.1) is 0 Å². The third kappa shape index (κ3) is 4.57. The first-order valence-electron chi connectivity index (χ1n) is 8.69. The molecule has 0 aromatic heterocycles. The molecule has 0 saturated carbocycles. The highest BCUT2D eigenvalue weighted by molar-refractivity contribution is 5.87. The zero-order valence-corrected chi connectivity index (χ0v) is 14.8. The summed E-state index contributed by atoms with van der Waals surface area (Å²) in [5.41, 5.74) is -0.573. The number of piperidine rings is 1. The number of nitrogens with one attached hydrogen (secondary N) is 1. The van der Waals surface area contributed by atoms with Gasteiger partial charge in [-0.2, -0.15) is 0 Å². The van der Waals surface area contributed by atoms with Crippen molar-refractivity contribution in [2.24, 2.45) is 0 Å². The maximum Gasteiger partial charge on any atom is 0.245 e. The Morgan fingerprint density at radius 1 is 1.33 bits per heavy atom. The van der Waals surface area contributed by atoms with E-state index in [0.717, 1.165) is 25.8 Å². The van der Waals surface area contributed by atoms with Crippen molar-refractivity contribution in [2.75, 3.05) is 6.54 Å². The van der Waals surface area contributed by atoms with Gasteiger partial charge < -0.3 is 15.3 Å². The normalized spacial score (nSPS) is 21.7. The van der Waals surface area contributed by atoms with E-state index in [1.54, 1.807) is 26.0 Å². The molecule has 132 valence electrons. The minimum absolute atomic E-state index is 0.0464. The summed E-state index contributed by atoms with van der Waals surface area (Å²) >= 11 is 0. The summed E-state index contributed by atoms with van der Waals surface area (Å²) < 4.78 is 0. The summed E-state index contributed by atoms with van der Waals surface area (Å²) in [6.45, 7) is 6.12. The molecule has 1 aromatic carbocycles. The van der Waals surface area contributed by atoms with Gasteiger partial charge in [-0.1, -0.05) is 30.3 Å². The van der Waals surface area contributed by atoms with Gasteiger partial charge in [-0.25, -0.2) is 0 Å². The van der Waals surface area contributed by atoms with E-state index in [1.807, 2.05) is 30.0 Å². The largest absolute Gasteiger partial charge is 0.385 e. The van der Waals surface area contributed by atoms with Gasteiger partial charge in [-0.05, 0) is 45.6 Å². The summed E-state index contributed by atoms with van der Waals surface area (Å²) in [4.78, 5) is 26.6. The lowest BCUT2D eigenvalue weighted by molar-refractivity contribution is -0.139. The highest BCUT2D eigenvalue weighted by atomic mass is 16.3. The summed E-state index contributed by atoms with van der Waals surface area (Å²) in [6, 6.07) is 8.73. The van der Waals surface area contributed by atoms with Crippen molar-refractivity contribution < 1.29 is 14.7 Å². The summed E-state index contributed by atoms with van der Waals surface area (Å²) in [5.74, 6) is -0.371. The standard InChI is InChI=1S/C19H28N2O3/c1-14-9-7-8-12-21(14)18(23)15(2)20-17(22)13-19(3,24)16-10-5-4-6-11-16/h4-6,10-11,14-15,24H,7-9,12-13H2,1-3H3,(H,20,22). The summed E-state index contributed by atoms with van der Waals surface area (Å²) in [5, 5.41) is 13.3. The molecule has 1 aromatic rings. The Morgan fingerprint density at radius 3 is 2.62 bits per heavy atom. The van der Waals surface area contributed by atoms with Crippen LogP contribution in [0.5, 0.6) is 0 Å². The maximum atomic E-state index is 12.5. The fourth-order valence-corrected chi connectivity index (χ4v) is 3.24. The molecule has 5 heteroatoms. The monoisotopic (exact) mass is 332 g/mol. The Morgan fingerprint density at radius 2 is 2.00 bits per heavy atom. The fourth-order valence-electron chi connectivity index (χ4n) is 3.24. The van der Waals surface area contributed by atoms with Crippen LogP contribution < -0.4 is 5.32 Å². The van der Waals surface area contributed by atoms with Crippen LogP contribution in [-0.2, 0) is 15.2 Å². The second kappa shape index (κ2) is 7.79. The first-order valence-corrected chi connectivity index (χ1v) is 8.69. The van der Waals surface area contributed by atoms with Crippen molar-refractivity contribution in [1.29, 1.82) is 0 Å². The Labute approximate surface area is 144 Å². The molecule has 1 aliphatic heterocycles. The van der Waals surface area contributed by atoms with Crippen molar-refractivity contribution in [3.8, 4) is 0 Å². The summed E-state index contributed by atoms with van der Waals surface area (Å²) in [6.07, 6.45) is 3.09. The lowest BCUT2D eigenvalue weighted by Gasteiger charge is -2.35. The molecule has 1 heterocycles. The van der Waals surface area contributed by atoms with E-state index in [0.29, 0.717) is 5.56 Å². The van der Waals surface area contributed by atoms with E-state index >= 15 is 0 Å². The zero-order valence-electron chi connectivity index (χ0n) is 14.8. The van der Waals surface area contributed by atoms with Gasteiger partial charge in [0.05, 0.1) is 12.0 Å². The molecule has 0 radical (unpaired) electrons. The number of rotatable bonds is 5. The highest BCUT2D eigenvalue weighted by Gasteiger charge is 2.30. The van der Waals surface area contributed by atoms with E-state index in [1.165, 1.54) is 0 Å². The van der Waals surface area contributed by atoms with Gasteiger partial charge in [0.25, 0.3) is 0 Å². The van der Waals surface area contributed by atoms with Crippen molar-refractivity contribution in [1.82, 2.24) is 10.2 Å². The van der Waals surface area contributed by atoms with E-state index in [4.69, 9.17) is 0 Å². The summed E-state index contributed by atoms with van der Waals surface area (Å²) in [7, 11) is 0. The maximum absolute atomic E-state index is 12.5. The number of hydrogen-bond donors (Lipinski definition) is 2. The number of aliphatic hydroxyl groups is 1. The van der Waals surface area contributed by atoms with Crippen LogP contribution in [0.3, 0.4) is 0 Å².